The Morgan fingerprint density at radius 1 is 1.35 bits per heavy atom. The van der Waals surface area contributed by atoms with Crippen LogP contribution in [0.5, 0.6) is 0 Å². The number of nitrogen functional groups attached to an aromatic ring is 1. The quantitative estimate of drug-likeness (QED) is 0.558. The van der Waals surface area contributed by atoms with E-state index in [0.717, 1.165) is 0 Å². The van der Waals surface area contributed by atoms with Gasteiger partial charge in [-0.05, 0) is 19.1 Å². The molecular weight excluding hydrogens is 222 g/mol. The highest BCUT2D eigenvalue weighted by Gasteiger charge is 2.03. The molecule has 94 valence electrons. The lowest BCUT2D eigenvalue weighted by molar-refractivity contribution is -0.118. The summed E-state index contributed by atoms with van der Waals surface area (Å²) in [4.78, 5) is 20.3. The lowest BCUT2D eigenvalue weighted by Crippen LogP contribution is -2.24. The summed E-state index contributed by atoms with van der Waals surface area (Å²) < 4.78 is 0. The van der Waals surface area contributed by atoms with E-state index >= 15 is 0 Å². The van der Waals surface area contributed by atoms with E-state index < -0.39 is 5.97 Å². The molecule has 0 bridgehead atoms. The molecule has 0 saturated carbocycles. The van der Waals surface area contributed by atoms with Crippen molar-refractivity contribution >= 4 is 17.6 Å². The number of nitrogens with two attached hydrogens (primary N) is 3. The van der Waals surface area contributed by atoms with E-state index in [1.807, 2.05) is 0 Å². The summed E-state index contributed by atoms with van der Waals surface area (Å²) in [5.74, 6) is -1.33. The molecule has 0 aromatic heterocycles. The van der Waals surface area contributed by atoms with Crippen molar-refractivity contribution in [1.29, 1.82) is 0 Å². The van der Waals surface area contributed by atoms with E-state index in [2.05, 4.69) is 0 Å². The Balaban J connectivity index is 0.000000325. The van der Waals surface area contributed by atoms with Gasteiger partial charge < -0.3 is 22.3 Å². The number of amides is 1. The molecule has 0 spiro atoms. The Labute approximate surface area is 99.4 Å². The van der Waals surface area contributed by atoms with Crippen LogP contribution in [-0.2, 0) is 4.79 Å². The van der Waals surface area contributed by atoms with E-state index in [-0.39, 0.29) is 23.9 Å². The lowest BCUT2D eigenvalue weighted by atomic mass is 10.2. The molecule has 1 aromatic carbocycles. The maximum Gasteiger partial charge on any atom is 0.337 e. The van der Waals surface area contributed by atoms with Gasteiger partial charge in [0.15, 0.2) is 0 Å². The molecule has 0 fully saturated rings. The summed E-state index contributed by atoms with van der Waals surface area (Å²) in [5, 5.41) is 8.49. The van der Waals surface area contributed by atoms with Crippen molar-refractivity contribution in [3.63, 3.8) is 0 Å². The Bertz CT molecular complexity index is 391. The second kappa shape index (κ2) is 7.24. The van der Waals surface area contributed by atoms with Crippen LogP contribution < -0.4 is 17.2 Å². The zero-order valence-corrected chi connectivity index (χ0v) is 9.59. The largest absolute Gasteiger partial charge is 0.478 e. The molecule has 0 saturated heterocycles. The van der Waals surface area contributed by atoms with Crippen molar-refractivity contribution in [3.8, 4) is 0 Å². The molecule has 1 atom stereocenters. The van der Waals surface area contributed by atoms with E-state index in [0.29, 0.717) is 5.69 Å². The third-order valence-corrected chi connectivity index (χ3v) is 1.71. The number of rotatable bonds is 3. The SMILES string of the molecule is CC(N)CC(N)=O.Nc1ccccc1C(=O)O. The molecule has 1 rings (SSSR count). The summed E-state index contributed by atoms with van der Waals surface area (Å²) in [6.45, 7) is 1.74. The van der Waals surface area contributed by atoms with Gasteiger partial charge in [-0.25, -0.2) is 4.79 Å². The average Bonchev–Trinajstić information content (AvgIpc) is 2.16. The Morgan fingerprint density at radius 3 is 2.12 bits per heavy atom. The standard InChI is InChI=1S/C7H7NO2.C4H10N2O/c8-6-4-2-1-3-5(6)7(9)10;1-3(5)2-4(6)7/h1-4H,8H2,(H,9,10);3H,2,5H2,1H3,(H2,6,7). The van der Waals surface area contributed by atoms with Crippen molar-refractivity contribution in [2.24, 2.45) is 11.5 Å². The number of para-hydroxylation sites is 1. The number of hydrogen-bond acceptors (Lipinski definition) is 4. The first-order valence-corrected chi connectivity index (χ1v) is 4.96. The summed E-state index contributed by atoms with van der Waals surface area (Å²) in [6.07, 6.45) is 0.278. The molecule has 0 aliphatic rings. The van der Waals surface area contributed by atoms with Gasteiger partial charge in [0.05, 0.1) is 5.56 Å². The van der Waals surface area contributed by atoms with Crippen LogP contribution in [0.25, 0.3) is 0 Å². The third-order valence-electron chi connectivity index (χ3n) is 1.71. The molecule has 1 aromatic rings. The van der Waals surface area contributed by atoms with Crippen LogP contribution in [-0.4, -0.2) is 23.0 Å². The number of carboxylic acids is 1. The van der Waals surface area contributed by atoms with Crippen LogP contribution in [0.3, 0.4) is 0 Å². The monoisotopic (exact) mass is 239 g/mol. The molecule has 7 N–H and O–H groups in total. The van der Waals surface area contributed by atoms with E-state index in [1.165, 1.54) is 6.07 Å². The van der Waals surface area contributed by atoms with Crippen molar-refractivity contribution in [1.82, 2.24) is 0 Å². The highest BCUT2D eigenvalue weighted by Crippen LogP contribution is 2.08. The smallest absolute Gasteiger partial charge is 0.337 e. The predicted octanol–water partition coefficient (Wildman–Crippen LogP) is 0.176. The highest BCUT2D eigenvalue weighted by atomic mass is 16.4. The number of carboxylic acid groups (broad SMARTS) is 1. The molecule has 0 radical (unpaired) electrons. The van der Waals surface area contributed by atoms with Crippen LogP contribution in [0.15, 0.2) is 24.3 Å². The summed E-state index contributed by atoms with van der Waals surface area (Å²) in [6, 6.07) is 6.26. The van der Waals surface area contributed by atoms with Gasteiger partial charge in [-0.3, -0.25) is 4.79 Å². The summed E-state index contributed by atoms with van der Waals surface area (Å²) in [7, 11) is 0. The van der Waals surface area contributed by atoms with E-state index in [9.17, 15) is 9.59 Å². The maximum atomic E-state index is 10.3. The second-order valence-electron chi connectivity index (χ2n) is 3.54. The molecule has 1 unspecified atom stereocenters. The molecule has 0 aliphatic heterocycles. The van der Waals surface area contributed by atoms with Crippen molar-refractivity contribution in [2.45, 2.75) is 19.4 Å². The number of anilines is 1. The first-order valence-electron chi connectivity index (χ1n) is 4.96. The first-order chi connectivity index (χ1) is 7.84. The highest BCUT2D eigenvalue weighted by molar-refractivity contribution is 5.93. The molecular formula is C11H17N3O3. The first kappa shape index (κ1) is 14.9. The molecule has 6 nitrogen and oxygen atoms in total. The fraction of sp³-hybridized carbons (Fsp3) is 0.273. The summed E-state index contributed by atoms with van der Waals surface area (Å²) >= 11 is 0. The predicted molar refractivity (Wildman–Crippen MR) is 65.3 cm³/mol. The number of primary amides is 1. The Hall–Kier alpha value is -2.08. The van der Waals surface area contributed by atoms with Crippen LogP contribution >= 0.6 is 0 Å². The van der Waals surface area contributed by atoms with Crippen molar-refractivity contribution < 1.29 is 14.7 Å². The summed E-state index contributed by atoms with van der Waals surface area (Å²) in [5.41, 5.74) is 15.8. The molecule has 1 amide bonds. The topological polar surface area (TPSA) is 132 Å². The van der Waals surface area contributed by atoms with Gasteiger partial charge >= 0.3 is 5.97 Å². The van der Waals surface area contributed by atoms with Crippen LogP contribution in [0.4, 0.5) is 5.69 Å². The van der Waals surface area contributed by atoms with Gasteiger partial charge in [0.2, 0.25) is 5.91 Å². The van der Waals surface area contributed by atoms with Crippen LogP contribution in [0.1, 0.15) is 23.7 Å². The van der Waals surface area contributed by atoms with Gasteiger partial charge in [0.25, 0.3) is 0 Å². The number of carbonyl (C=O) groups excluding carboxylic acids is 1. The van der Waals surface area contributed by atoms with Gasteiger partial charge in [-0.15, -0.1) is 0 Å². The van der Waals surface area contributed by atoms with E-state index in [1.54, 1.807) is 25.1 Å². The fourth-order valence-electron chi connectivity index (χ4n) is 1.01. The molecule has 6 heteroatoms. The van der Waals surface area contributed by atoms with Crippen molar-refractivity contribution in [2.75, 3.05) is 5.73 Å². The van der Waals surface area contributed by atoms with Gasteiger partial charge in [0, 0.05) is 18.2 Å². The minimum absolute atomic E-state index is 0.0995. The maximum absolute atomic E-state index is 10.3. The number of hydrogen-bond donors (Lipinski definition) is 4. The minimum atomic E-state index is -0.988. The van der Waals surface area contributed by atoms with Crippen molar-refractivity contribution in [3.05, 3.63) is 29.8 Å². The number of benzene rings is 1. The third kappa shape index (κ3) is 6.91. The Kier molecular flexibility index (Phi) is 6.35. The average molecular weight is 239 g/mol. The molecule has 0 aliphatic carbocycles. The number of aromatic carboxylic acids is 1. The lowest BCUT2D eigenvalue weighted by Gasteiger charge is -1.96. The van der Waals surface area contributed by atoms with Gasteiger partial charge in [0.1, 0.15) is 0 Å². The van der Waals surface area contributed by atoms with Gasteiger partial charge in [-0.1, -0.05) is 12.1 Å². The van der Waals surface area contributed by atoms with E-state index in [4.69, 9.17) is 22.3 Å². The van der Waals surface area contributed by atoms with Crippen LogP contribution in [0.2, 0.25) is 0 Å². The fourth-order valence-corrected chi connectivity index (χ4v) is 1.01. The van der Waals surface area contributed by atoms with Crippen LogP contribution in [0, 0.1) is 0 Å². The second-order valence-corrected chi connectivity index (χ2v) is 3.54. The minimum Gasteiger partial charge on any atom is -0.478 e. The van der Waals surface area contributed by atoms with Gasteiger partial charge in [-0.2, -0.15) is 0 Å². The molecule has 17 heavy (non-hydrogen) atoms. The Morgan fingerprint density at radius 2 is 1.88 bits per heavy atom. The normalized spacial score (nSPS) is 10.9. The zero-order chi connectivity index (χ0) is 13.4. The number of carbonyl (C=O) groups is 2. The zero-order valence-electron chi connectivity index (χ0n) is 9.59. The molecule has 0 heterocycles.